The van der Waals surface area contributed by atoms with Gasteiger partial charge in [-0.2, -0.15) is 4.31 Å². The quantitative estimate of drug-likeness (QED) is 0.694. The van der Waals surface area contributed by atoms with Crippen LogP contribution in [0.2, 0.25) is 0 Å². The number of fused-ring (bicyclic) bond motifs is 3. The smallest absolute Gasteiger partial charge is 0.307 e. The maximum atomic E-state index is 13.1. The number of rotatable bonds is 5. The summed E-state index contributed by atoms with van der Waals surface area (Å²) < 4.78 is 29.6. The van der Waals surface area contributed by atoms with Gasteiger partial charge in [-0.15, -0.1) is 0 Å². The third-order valence-electron chi connectivity index (χ3n) is 5.69. The van der Waals surface area contributed by atoms with Crippen LogP contribution >= 0.6 is 0 Å². The highest BCUT2D eigenvalue weighted by Gasteiger charge is 2.33. The molecule has 4 rings (SSSR count). The van der Waals surface area contributed by atoms with Crippen LogP contribution in [0.5, 0.6) is 0 Å². The lowest BCUT2D eigenvalue weighted by molar-refractivity contribution is -0.136. The van der Waals surface area contributed by atoms with Crippen molar-refractivity contribution in [2.24, 2.45) is 0 Å². The molecule has 1 N–H and O–H groups in total. The number of carboxylic acid groups (broad SMARTS) is 1. The van der Waals surface area contributed by atoms with Crippen LogP contribution in [0.1, 0.15) is 23.2 Å². The first kappa shape index (κ1) is 19.6. The van der Waals surface area contributed by atoms with Crippen LogP contribution in [0.15, 0.2) is 47.5 Å². The van der Waals surface area contributed by atoms with Gasteiger partial charge in [-0.1, -0.05) is 17.7 Å². The molecule has 0 amide bonds. The Morgan fingerprint density at radius 2 is 2.00 bits per heavy atom. The lowest BCUT2D eigenvalue weighted by atomic mass is 10.0. The number of carboxylic acids is 1. The normalized spacial score (nSPS) is 16.9. The number of sulfonamides is 1. The van der Waals surface area contributed by atoms with Crippen LogP contribution in [-0.2, 0) is 34.2 Å². The summed E-state index contributed by atoms with van der Waals surface area (Å²) in [4.78, 5) is 16.1. The molecule has 1 aliphatic heterocycles. The van der Waals surface area contributed by atoms with Gasteiger partial charge in [0.2, 0.25) is 10.0 Å². The Labute approximate surface area is 169 Å². The highest BCUT2D eigenvalue weighted by Crippen LogP contribution is 2.32. The van der Waals surface area contributed by atoms with Crippen LogP contribution in [0.4, 0.5) is 0 Å². The second-order valence-electron chi connectivity index (χ2n) is 7.51. The molecule has 3 aromatic rings. The molecule has 1 aliphatic rings. The predicted octanol–water partition coefficient (Wildman–Crippen LogP) is 2.61. The molecule has 0 bridgehead atoms. The summed E-state index contributed by atoms with van der Waals surface area (Å²) >= 11 is 0. The molecule has 0 unspecified atom stereocenters. The van der Waals surface area contributed by atoms with E-state index in [1.54, 1.807) is 43.6 Å². The topological polar surface area (TPSA) is 92.5 Å². The van der Waals surface area contributed by atoms with Gasteiger partial charge in [0, 0.05) is 36.9 Å². The minimum absolute atomic E-state index is 0.0628. The Hall–Kier alpha value is -2.71. The molecule has 7 nitrogen and oxygen atoms in total. The number of carbonyl (C=O) groups is 1. The van der Waals surface area contributed by atoms with E-state index in [0.717, 1.165) is 22.2 Å². The van der Waals surface area contributed by atoms with E-state index in [-0.39, 0.29) is 17.4 Å². The summed E-state index contributed by atoms with van der Waals surface area (Å²) in [5.74, 6) is -0.884. The van der Waals surface area contributed by atoms with E-state index >= 15 is 0 Å². The van der Waals surface area contributed by atoms with Gasteiger partial charge in [-0.3, -0.25) is 4.79 Å². The van der Waals surface area contributed by atoms with Crippen molar-refractivity contribution in [2.45, 2.75) is 43.7 Å². The Morgan fingerprint density at radius 1 is 1.28 bits per heavy atom. The minimum atomic E-state index is -3.62. The predicted molar refractivity (Wildman–Crippen MR) is 109 cm³/mol. The maximum absolute atomic E-state index is 13.1. The Kier molecular flexibility index (Phi) is 4.92. The lowest BCUT2D eigenvalue weighted by Gasteiger charge is -2.32. The number of hydrogen-bond donors (Lipinski definition) is 1. The van der Waals surface area contributed by atoms with E-state index in [2.05, 4.69) is 4.98 Å². The Balaban J connectivity index is 1.70. The van der Waals surface area contributed by atoms with Gasteiger partial charge in [0.15, 0.2) is 0 Å². The molecule has 0 aliphatic carbocycles. The SMILES string of the molecule is Cc1ccc(S(=O)(=O)N(C)[C@@H]2CCc3c(CC(=O)O)c4cccnc4n3C2)cc1. The van der Waals surface area contributed by atoms with Crippen LogP contribution in [0, 0.1) is 6.92 Å². The van der Waals surface area contributed by atoms with Crippen LogP contribution in [-0.4, -0.2) is 46.4 Å². The Morgan fingerprint density at radius 3 is 2.69 bits per heavy atom. The summed E-state index contributed by atoms with van der Waals surface area (Å²) in [7, 11) is -2.00. The number of aryl methyl sites for hydroxylation is 1. The zero-order valence-electron chi connectivity index (χ0n) is 16.4. The van der Waals surface area contributed by atoms with Crippen molar-refractivity contribution in [1.82, 2.24) is 13.9 Å². The van der Waals surface area contributed by atoms with Crippen molar-refractivity contribution in [1.29, 1.82) is 0 Å². The molecule has 0 fully saturated rings. The second kappa shape index (κ2) is 7.27. The van der Waals surface area contributed by atoms with Gasteiger partial charge < -0.3 is 9.67 Å². The second-order valence-corrected chi connectivity index (χ2v) is 9.51. The van der Waals surface area contributed by atoms with Gasteiger partial charge in [-0.05, 0) is 49.6 Å². The number of aromatic nitrogens is 2. The molecule has 29 heavy (non-hydrogen) atoms. The minimum Gasteiger partial charge on any atom is -0.481 e. The average Bonchev–Trinajstić information content (AvgIpc) is 3.00. The number of pyridine rings is 1. The molecule has 0 spiro atoms. The molecule has 1 aromatic carbocycles. The molecule has 0 radical (unpaired) electrons. The van der Waals surface area contributed by atoms with Crippen molar-refractivity contribution < 1.29 is 18.3 Å². The first-order valence-corrected chi connectivity index (χ1v) is 10.9. The van der Waals surface area contributed by atoms with Crippen LogP contribution in [0.25, 0.3) is 11.0 Å². The summed E-state index contributed by atoms with van der Waals surface area (Å²) in [6.45, 7) is 2.37. The van der Waals surface area contributed by atoms with Gasteiger partial charge in [0.1, 0.15) is 5.65 Å². The molecular formula is C21H23N3O4S. The summed E-state index contributed by atoms with van der Waals surface area (Å²) in [6, 6.07) is 10.3. The van der Waals surface area contributed by atoms with Crippen LogP contribution in [0.3, 0.4) is 0 Å². The molecule has 8 heteroatoms. The lowest BCUT2D eigenvalue weighted by Crippen LogP contribution is -2.42. The van der Waals surface area contributed by atoms with E-state index in [9.17, 15) is 18.3 Å². The molecule has 1 atom stereocenters. The molecule has 152 valence electrons. The monoisotopic (exact) mass is 413 g/mol. The van der Waals surface area contributed by atoms with Gasteiger partial charge >= 0.3 is 5.97 Å². The number of likely N-dealkylation sites (N-methyl/N-ethyl adjacent to an activating group) is 1. The van der Waals surface area contributed by atoms with Gasteiger partial charge in [-0.25, -0.2) is 13.4 Å². The van der Waals surface area contributed by atoms with E-state index < -0.39 is 16.0 Å². The number of aliphatic carboxylic acids is 1. The number of benzene rings is 1. The first-order chi connectivity index (χ1) is 13.8. The largest absolute Gasteiger partial charge is 0.481 e. The standard InChI is InChI=1S/C21H23N3O4S/c1-14-5-8-16(9-6-14)29(27,28)23(2)15-7-10-19-18(12-20(25)26)17-4-3-11-22-21(17)24(19)13-15/h3-6,8-9,11,15H,7,10,12-13H2,1-2H3,(H,25,26)/t15-/m1/s1. The van der Waals surface area contributed by atoms with Crippen molar-refractivity contribution in [3.63, 3.8) is 0 Å². The summed E-state index contributed by atoms with van der Waals surface area (Å²) in [5, 5.41) is 10.1. The fraction of sp³-hybridized carbons (Fsp3) is 0.333. The fourth-order valence-electron chi connectivity index (χ4n) is 4.10. The zero-order chi connectivity index (χ0) is 20.8. The van der Waals surface area contributed by atoms with Crippen molar-refractivity contribution in [3.8, 4) is 0 Å². The summed E-state index contributed by atoms with van der Waals surface area (Å²) in [5.41, 5.74) is 3.44. The van der Waals surface area contributed by atoms with Crippen molar-refractivity contribution >= 4 is 27.0 Å². The highest BCUT2D eigenvalue weighted by atomic mass is 32.2. The van der Waals surface area contributed by atoms with Crippen molar-refractivity contribution in [3.05, 3.63) is 59.4 Å². The summed E-state index contributed by atoms with van der Waals surface area (Å²) in [6.07, 6.45) is 2.85. The maximum Gasteiger partial charge on any atom is 0.307 e. The average molecular weight is 413 g/mol. The van der Waals surface area contributed by atoms with E-state index in [1.807, 2.05) is 17.6 Å². The van der Waals surface area contributed by atoms with E-state index in [1.165, 1.54) is 4.31 Å². The molecule has 0 saturated carbocycles. The van der Waals surface area contributed by atoms with Gasteiger partial charge in [0.25, 0.3) is 0 Å². The number of nitrogens with zero attached hydrogens (tertiary/aromatic N) is 3. The number of hydrogen-bond acceptors (Lipinski definition) is 4. The fourth-order valence-corrected chi connectivity index (χ4v) is 5.48. The molecular weight excluding hydrogens is 390 g/mol. The third kappa shape index (κ3) is 3.42. The highest BCUT2D eigenvalue weighted by molar-refractivity contribution is 7.89. The molecule has 3 heterocycles. The third-order valence-corrected chi connectivity index (χ3v) is 7.61. The first-order valence-electron chi connectivity index (χ1n) is 9.50. The van der Waals surface area contributed by atoms with E-state index in [4.69, 9.17) is 0 Å². The van der Waals surface area contributed by atoms with Gasteiger partial charge in [0.05, 0.1) is 11.3 Å². The Bertz CT molecular complexity index is 1180. The molecule has 2 aromatic heterocycles. The molecule has 0 saturated heterocycles. The van der Waals surface area contributed by atoms with E-state index in [0.29, 0.717) is 25.0 Å². The van der Waals surface area contributed by atoms with Crippen LogP contribution < -0.4 is 0 Å². The zero-order valence-corrected chi connectivity index (χ0v) is 17.2. The van der Waals surface area contributed by atoms with Crippen molar-refractivity contribution in [2.75, 3.05) is 7.05 Å².